The van der Waals surface area contributed by atoms with Crippen molar-refractivity contribution >= 4 is 15.9 Å². The molecule has 2 aromatic rings. The molecule has 3 nitrogen and oxygen atoms in total. The van der Waals surface area contributed by atoms with Gasteiger partial charge < -0.3 is 9.84 Å². The van der Waals surface area contributed by atoms with Gasteiger partial charge in [-0.25, -0.2) is 9.37 Å². The predicted octanol–water partition coefficient (Wildman–Crippen LogP) is 3.79. The summed E-state index contributed by atoms with van der Waals surface area (Å²) in [5.74, 6) is -0.220. The fourth-order valence-corrected chi connectivity index (χ4v) is 1.60. The van der Waals surface area contributed by atoms with E-state index in [4.69, 9.17) is 4.74 Å². The maximum atomic E-state index is 13.5. The van der Waals surface area contributed by atoms with Crippen LogP contribution in [-0.2, 0) is 0 Å². The highest BCUT2D eigenvalue weighted by Crippen LogP contribution is 2.30. The van der Waals surface area contributed by atoms with Gasteiger partial charge in [0.05, 0.1) is 0 Å². The Morgan fingerprint density at radius 3 is 2.88 bits per heavy atom. The molecule has 0 fully saturated rings. The van der Waals surface area contributed by atoms with Crippen LogP contribution in [0.25, 0.3) is 0 Å². The molecule has 2 rings (SSSR count). The molecule has 0 saturated carbocycles. The lowest BCUT2D eigenvalue weighted by atomic mass is 10.2. The lowest BCUT2D eigenvalue weighted by Crippen LogP contribution is -1.93. The van der Waals surface area contributed by atoms with Gasteiger partial charge in [0.1, 0.15) is 11.5 Å². The van der Waals surface area contributed by atoms with Crippen molar-refractivity contribution in [2.45, 2.75) is 6.92 Å². The molecule has 1 aromatic carbocycles. The molecule has 0 aliphatic carbocycles. The number of halogens is 2. The summed E-state index contributed by atoms with van der Waals surface area (Å²) in [7, 11) is 0. The number of phenolic OH excluding ortho intramolecular Hbond substituents is 1. The Morgan fingerprint density at radius 1 is 1.41 bits per heavy atom. The Morgan fingerprint density at radius 2 is 2.18 bits per heavy atom. The Bertz CT molecular complexity index is 560. The summed E-state index contributed by atoms with van der Waals surface area (Å²) < 4.78 is 19.3. The fraction of sp³-hybridized carbons (Fsp3) is 0.0833. The third kappa shape index (κ3) is 2.55. The number of benzene rings is 1. The van der Waals surface area contributed by atoms with Crippen LogP contribution in [0.4, 0.5) is 4.39 Å². The van der Waals surface area contributed by atoms with E-state index in [1.54, 1.807) is 19.1 Å². The van der Waals surface area contributed by atoms with Gasteiger partial charge in [0, 0.05) is 16.2 Å². The number of pyridine rings is 1. The van der Waals surface area contributed by atoms with E-state index in [-0.39, 0.29) is 11.6 Å². The molecule has 0 aliphatic rings. The monoisotopic (exact) mass is 297 g/mol. The SMILES string of the molecule is Cc1c(O)cccc1Oc1ncc(Br)cc1F. The molecule has 1 heterocycles. The number of aromatic hydroxyl groups is 1. The number of nitrogens with zero attached hydrogens (tertiary/aromatic N) is 1. The predicted molar refractivity (Wildman–Crippen MR) is 64.8 cm³/mol. The molecule has 0 amide bonds. The summed E-state index contributed by atoms with van der Waals surface area (Å²) in [4.78, 5) is 3.82. The molecular formula is C12H9BrFNO2. The molecule has 1 aromatic heterocycles. The Balaban J connectivity index is 2.35. The van der Waals surface area contributed by atoms with Crippen LogP contribution in [0.1, 0.15) is 5.56 Å². The van der Waals surface area contributed by atoms with Crippen molar-refractivity contribution in [1.82, 2.24) is 4.98 Å². The normalized spacial score (nSPS) is 10.3. The first kappa shape index (κ1) is 11.9. The first-order valence-corrected chi connectivity index (χ1v) is 5.64. The summed E-state index contributed by atoms with van der Waals surface area (Å²) in [5, 5.41) is 9.49. The highest BCUT2D eigenvalue weighted by Gasteiger charge is 2.10. The second-order valence-corrected chi connectivity index (χ2v) is 4.36. The standard InChI is InChI=1S/C12H9BrFNO2/c1-7-10(16)3-2-4-11(7)17-12-9(14)5-8(13)6-15-12/h2-6,16H,1H3. The Labute approximate surface area is 106 Å². The average Bonchev–Trinajstić information content (AvgIpc) is 2.28. The van der Waals surface area contributed by atoms with Crippen LogP contribution in [0.5, 0.6) is 17.4 Å². The number of ether oxygens (including phenoxy) is 1. The minimum absolute atomic E-state index is 0.0972. The topological polar surface area (TPSA) is 42.4 Å². The zero-order valence-electron chi connectivity index (χ0n) is 8.95. The van der Waals surface area contributed by atoms with E-state index in [2.05, 4.69) is 20.9 Å². The largest absolute Gasteiger partial charge is 0.508 e. The number of phenols is 1. The van der Waals surface area contributed by atoms with Crippen LogP contribution in [0.2, 0.25) is 0 Å². The van der Waals surface area contributed by atoms with Gasteiger partial charge in [-0.1, -0.05) is 6.07 Å². The third-order valence-electron chi connectivity index (χ3n) is 2.24. The molecular weight excluding hydrogens is 289 g/mol. The third-order valence-corrected chi connectivity index (χ3v) is 2.67. The van der Waals surface area contributed by atoms with Crippen molar-refractivity contribution in [3.05, 3.63) is 46.3 Å². The highest BCUT2D eigenvalue weighted by atomic mass is 79.9. The van der Waals surface area contributed by atoms with E-state index in [1.807, 2.05) is 0 Å². The number of aromatic nitrogens is 1. The average molecular weight is 298 g/mol. The smallest absolute Gasteiger partial charge is 0.255 e. The van der Waals surface area contributed by atoms with Crippen molar-refractivity contribution in [3.8, 4) is 17.4 Å². The molecule has 1 N–H and O–H groups in total. The van der Waals surface area contributed by atoms with Crippen molar-refractivity contribution in [2.24, 2.45) is 0 Å². The number of hydrogen-bond acceptors (Lipinski definition) is 3. The van der Waals surface area contributed by atoms with Crippen LogP contribution >= 0.6 is 15.9 Å². The molecule has 0 unspecified atom stereocenters. The Kier molecular flexibility index (Phi) is 3.28. The quantitative estimate of drug-likeness (QED) is 0.917. The fourth-order valence-electron chi connectivity index (χ4n) is 1.29. The van der Waals surface area contributed by atoms with Gasteiger partial charge in [-0.15, -0.1) is 0 Å². The maximum absolute atomic E-state index is 13.5. The van der Waals surface area contributed by atoms with Gasteiger partial charge in [-0.2, -0.15) is 0 Å². The molecule has 0 spiro atoms. The zero-order chi connectivity index (χ0) is 12.4. The van der Waals surface area contributed by atoms with E-state index in [0.717, 1.165) is 0 Å². The Hall–Kier alpha value is -1.62. The van der Waals surface area contributed by atoms with Crippen LogP contribution in [0, 0.1) is 12.7 Å². The van der Waals surface area contributed by atoms with Crippen molar-refractivity contribution < 1.29 is 14.2 Å². The van der Waals surface area contributed by atoms with Crippen LogP contribution in [-0.4, -0.2) is 10.1 Å². The maximum Gasteiger partial charge on any atom is 0.255 e. The minimum Gasteiger partial charge on any atom is -0.508 e. The van der Waals surface area contributed by atoms with E-state index >= 15 is 0 Å². The zero-order valence-corrected chi connectivity index (χ0v) is 10.5. The van der Waals surface area contributed by atoms with Gasteiger partial charge in [-0.05, 0) is 41.1 Å². The first-order chi connectivity index (χ1) is 8.08. The summed E-state index contributed by atoms with van der Waals surface area (Å²) in [5.41, 5.74) is 0.539. The molecule has 88 valence electrons. The minimum atomic E-state index is -0.567. The molecule has 0 saturated heterocycles. The number of rotatable bonds is 2. The van der Waals surface area contributed by atoms with Crippen molar-refractivity contribution in [2.75, 3.05) is 0 Å². The van der Waals surface area contributed by atoms with E-state index in [0.29, 0.717) is 15.8 Å². The molecule has 0 atom stereocenters. The summed E-state index contributed by atoms with van der Waals surface area (Å²) in [6, 6.07) is 6.06. The summed E-state index contributed by atoms with van der Waals surface area (Å²) >= 11 is 3.11. The van der Waals surface area contributed by atoms with E-state index in [1.165, 1.54) is 18.3 Å². The molecule has 5 heteroatoms. The van der Waals surface area contributed by atoms with Gasteiger partial charge in [0.25, 0.3) is 5.88 Å². The highest BCUT2D eigenvalue weighted by molar-refractivity contribution is 9.10. The lowest BCUT2D eigenvalue weighted by Gasteiger charge is -2.09. The summed E-state index contributed by atoms with van der Waals surface area (Å²) in [6.07, 6.45) is 1.44. The molecule has 17 heavy (non-hydrogen) atoms. The van der Waals surface area contributed by atoms with Crippen LogP contribution in [0.15, 0.2) is 34.9 Å². The van der Waals surface area contributed by atoms with Crippen LogP contribution < -0.4 is 4.74 Å². The van der Waals surface area contributed by atoms with Gasteiger partial charge >= 0.3 is 0 Å². The second kappa shape index (κ2) is 4.71. The number of hydrogen-bond donors (Lipinski definition) is 1. The second-order valence-electron chi connectivity index (χ2n) is 3.44. The van der Waals surface area contributed by atoms with Gasteiger partial charge in [0.2, 0.25) is 0 Å². The van der Waals surface area contributed by atoms with Gasteiger partial charge in [-0.3, -0.25) is 0 Å². The first-order valence-electron chi connectivity index (χ1n) is 4.85. The van der Waals surface area contributed by atoms with E-state index < -0.39 is 5.82 Å². The summed E-state index contributed by atoms with van der Waals surface area (Å²) in [6.45, 7) is 1.68. The molecule has 0 radical (unpaired) electrons. The molecule has 0 aliphatic heterocycles. The lowest BCUT2D eigenvalue weighted by molar-refractivity contribution is 0.411. The molecule has 0 bridgehead atoms. The van der Waals surface area contributed by atoms with Crippen molar-refractivity contribution in [1.29, 1.82) is 0 Å². The van der Waals surface area contributed by atoms with E-state index in [9.17, 15) is 9.50 Å². The van der Waals surface area contributed by atoms with Gasteiger partial charge in [0.15, 0.2) is 5.82 Å². The van der Waals surface area contributed by atoms with Crippen LogP contribution in [0.3, 0.4) is 0 Å². The van der Waals surface area contributed by atoms with Crippen molar-refractivity contribution in [3.63, 3.8) is 0 Å².